The van der Waals surface area contributed by atoms with Crippen molar-refractivity contribution in [2.24, 2.45) is 0 Å². The Hall–Kier alpha value is -2.69. The summed E-state index contributed by atoms with van der Waals surface area (Å²) < 4.78 is 27.8. The van der Waals surface area contributed by atoms with Crippen molar-refractivity contribution in [2.45, 2.75) is 26.7 Å². The molecule has 126 valence electrons. The lowest BCUT2D eigenvalue weighted by atomic mass is 10.0. The molecule has 0 saturated heterocycles. The van der Waals surface area contributed by atoms with E-state index in [1.165, 1.54) is 18.2 Å². The first-order chi connectivity index (χ1) is 11.2. The first kappa shape index (κ1) is 17.7. The molecule has 0 amide bonds. The summed E-state index contributed by atoms with van der Waals surface area (Å²) in [6, 6.07) is 9.46. The Morgan fingerprint density at radius 1 is 1.21 bits per heavy atom. The lowest BCUT2D eigenvalue weighted by Crippen LogP contribution is -2.17. The number of halogens is 2. The quantitative estimate of drug-likeness (QED) is 0.793. The third-order valence-electron chi connectivity index (χ3n) is 3.42. The van der Waals surface area contributed by atoms with Gasteiger partial charge in [0.2, 0.25) is 0 Å². The van der Waals surface area contributed by atoms with Gasteiger partial charge in [0, 0.05) is 18.8 Å². The van der Waals surface area contributed by atoms with E-state index < -0.39 is 5.92 Å². The Kier molecular flexibility index (Phi) is 5.02. The van der Waals surface area contributed by atoms with E-state index in [2.05, 4.69) is 11.6 Å². The largest absolute Gasteiger partial charge is 0.508 e. The second-order valence-corrected chi connectivity index (χ2v) is 5.62. The van der Waals surface area contributed by atoms with Crippen LogP contribution in [0.25, 0.3) is 11.1 Å². The predicted molar refractivity (Wildman–Crippen MR) is 93.0 cm³/mol. The summed E-state index contributed by atoms with van der Waals surface area (Å²) in [6.45, 7) is 8.30. The number of hydrogen-bond donors (Lipinski definition) is 1. The van der Waals surface area contributed by atoms with Gasteiger partial charge in [-0.3, -0.25) is 0 Å². The van der Waals surface area contributed by atoms with Gasteiger partial charge in [-0.05, 0) is 49.2 Å². The molecule has 0 aliphatic carbocycles. The number of aromatic hydroxyl groups is 1. The Bertz CT molecular complexity index is 762. The number of pyridine rings is 1. The molecule has 0 saturated carbocycles. The molecule has 1 N–H and O–H groups in total. The Morgan fingerprint density at radius 2 is 1.83 bits per heavy atom. The molecular formula is C19H20F2N2O. The third kappa shape index (κ3) is 3.98. The number of benzene rings is 1. The van der Waals surface area contributed by atoms with Crippen LogP contribution in [-0.2, 0) is 5.92 Å². The van der Waals surface area contributed by atoms with Gasteiger partial charge >= 0.3 is 0 Å². The molecule has 0 bridgehead atoms. The Balaban J connectivity index is 2.65. The van der Waals surface area contributed by atoms with E-state index in [-0.39, 0.29) is 11.4 Å². The van der Waals surface area contributed by atoms with E-state index in [1.54, 1.807) is 42.3 Å². The number of alkyl halides is 2. The van der Waals surface area contributed by atoms with Crippen LogP contribution in [0.3, 0.4) is 0 Å². The van der Waals surface area contributed by atoms with Gasteiger partial charge in [-0.25, -0.2) is 4.98 Å². The molecule has 0 aliphatic heterocycles. The zero-order valence-corrected chi connectivity index (χ0v) is 13.9. The fourth-order valence-electron chi connectivity index (χ4n) is 2.23. The van der Waals surface area contributed by atoms with E-state index in [1.807, 2.05) is 6.92 Å². The molecule has 3 nitrogen and oxygen atoms in total. The van der Waals surface area contributed by atoms with Gasteiger partial charge in [-0.15, -0.1) is 0 Å². The Morgan fingerprint density at radius 3 is 2.33 bits per heavy atom. The molecule has 0 aliphatic rings. The summed E-state index contributed by atoms with van der Waals surface area (Å²) in [5.74, 6) is -2.59. The molecule has 24 heavy (non-hydrogen) atoms. The normalized spacial score (nSPS) is 11.7. The molecule has 0 atom stereocenters. The first-order valence-corrected chi connectivity index (χ1v) is 7.49. The maximum absolute atomic E-state index is 13.9. The van der Waals surface area contributed by atoms with E-state index in [4.69, 9.17) is 0 Å². The van der Waals surface area contributed by atoms with Crippen LogP contribution >= 0.6 is 0 Å². The minimum absolute atomic E-state index is 0.117. The average Bonchev–Trinajstić information content (AvgIpc) is 2.51. The third-order valence-corrected chi connectivity index (χ3v) is 3.42. The van der Waals surface area contributed by atoms with Crippen molar-refractivity contribution in [3.63, 3.8) is 0 Å². The minimum atomic E-state index is -3.07. The molecule has 0 spiro atoms. The smallest absolute Gasteiger partial charge is 0.287 e. The van der Waals surface area contributed by atoms with Crippen LogP contribution in [0.2, 0.25) is 0 Å². The van der Waals surface area contributed by atoms with Gasteiger partial charge in [-0.1, -0.05) is 24.8 Å². The van der Waals surface area contributed by atoms with Gasteiger partial charge in [0.05, 0.1) is 0 Å². The monoisotopic (exact) mass is 330 g/mol. The molecule has 2 aromatic rings. The van der Waals surface area contributed by atoms with Gasteiger partial charge in [0.1, 0.15) is 17.3 Å². The standard InChI is InChI=1S/C19H20F2N2O/c1-5-10-23(13(2)3)18-12-15(11-17(22-18)19(4,20)21)14-6-8-16(24)9-7-14/h5-12,24H,2H2,1,3-4H3/b10-5-. The van der Waals surface area contributed by atoms with Crippen molar-refractivity contribution in [3.8, 4) is 16.9 Å². The summed E-state index contributed by atoms with van der Waals surface area (Å²) in [7, 11) is 0. The summed E-state index contributed by atoms with van der Waals surface area (Å²) in [5, 5.41) is 9.41. The zero-order chi connectivity index (χ0) is 17.9. The number of anilines is 1. The van der Waals surface area contributed by atoms with E-state index >= 15 is 0 Å². The van der Waals surface area contributed by atoms with Crippen LogP contribution in [0.5, 0.6) is 5.75 Å². The molecule has 0 unspecified atom stereocenters. The topological polar surface area (TPSA) is 36.4 Å². The minimum Gasteiger partial charge on any atom is -0.508 e. The number of rotatable bonds is 5. The molecule has 2 rings (SSSR count). The van der Waals surface area contributed by atoms with Crippen LogP contribution in [0.1, 0.15) is 26.5 Å². The highest BCUT2D eigenvalue weighted by molar-refractivity contribution is 5.69. The van der Waals surface area contributed by atoms with Gasteiger partial charge < -0.3 is 10.0 Å². The number of phenols is 1. The fourth-order valence-corrected chi connectivity index (χ4v) is 2.23. The number of hydrogen-bond acceptors (Lipinski definition) is 3. The molecular weight excluding hydrogens is 310 g/mol. The van der Waals surface area contributed by atoms with Crippen molar-refractivity contribution in [1.29, 1.82) is 0 Å². The molecule has 0 fully saturated rings. The second kappa shape index (κ2) is 6.83. The first-order valence-electron chi connectivity index (χ1n) is 7.49. The highest BCUT2D eigenvalue weighted by Gasteiger charge is 2.28. The maximum Gasteiger partial charge on any atom is 0.287 e. The highest BCUT2D eigenvalue weighted by Crippen LogP contribution is 2.33. The number of aromatic nitrogens is 1. The summed E-state index contributed by atoms with van der Waals surface area (Å²) in [6.07, 6.45) is 3.51. The van der Waals surface area contributed by atoms with Crippen LogP contribution in [0.4, 0.5) is 14.6 Å². The summed E-state index contributed by atoms with van der Waals surface area (Å²) in [5.41, 5.74) is 1.64. The Labute approximate surface area is 140 Å². The van der Waals surface area contributed by atoms with Gasteiger partial charge in [0.25, 0.3) is 5.92 Å². The molecule has 0 radical (unpaired) electrons. The number of allylic oxidation sites excluding steroid dienone is 2. The van der Waals surface area contributed by atoms with Gasteiger partial charge in [-0.2, -0.15) is 8.78 Å². The van der Waals surface area contributed by atoms with Crippen molar-refractivity contribution in [2.75, 3.05) is 4.90 Å². The predicted octanol–water partition coefficient (Wildman–Crippen LogP) is 5.44. The zero-order valence-electron chi connectivity index (χ0n) is 13.9. The van der Waals surface area contributed by atoms with Crippen LogP contribution in [0.15, 0.2) is 61.0 Å². The lowest BCUT2D eigenvalue weighted by Gasteiger charge is -2.22. The van der Waals surface area contributed by atoms with E-state index in [0.717, 1.165) is 6.92 Å². The van der Waals surface area contributed by atoms with Crippen molar-refractivity contribution in [3.05, 3.63) is 66.6 Å². The summed E-state index contributed by atoms with van der Waals surface area (Å²) in [4.78, 5) is 5.75. The number of nitrogens with zero attached hydrogens (tertiary/aromatic N) is 2. The molecule has 1 heterocycles. The molecule has 5 heteroatoms. The van der Waals surface area contributed by atoms with E-state index in [9.17, 15) is 13.9 Å². The molecule has 1 aromatic heterocycles. The molecule has 1 aromatic carbocycles. The maximum atomic E-state index is 13.9. The SMILES string of the molecule is C=C(C)N(/C=C\C)c1cc(-c2ccc(O)cc2)cc(C(C)(F)F)n1. The highest BCUT2D eigenvalue weighted by atomic mass is 19.3. The second-order valence-electron chi connectivity index (χ2n) is 5.62. The van der Waals surface area contributed by atoms with Gasteiger partial charge in [0.15, 0.2) is 0 Å². The van der Waals surface area contributed by atoms with Crippen molar-refractivity contribution < 1.29 is 13.9 Å². The average molecular weight is 330 g/mol. The van der Waals surface area contributed by atoms with Crippen molar-refractivity contribution in [1.82, 2.24) is 4.98 Å². The lowest BCUT2D eigenvalue weighted by molar-refractivity contribution is 0.0129. The van der Waals surface area contributed by atoms with Crippen LogP contribution in [0, 0.1) is 0 Å². The van der Waals surface area contributed by atoms with Crippen molar-refractivity contribution >= 4 is 5.82 Å². The summed E-state index contributed by atoms with van der Waals surface area (Å²) >= 11 is 0. The van der Waals surface area contributed by atoms with Crippen LogP contribution in [-0.4, -0.2) is 10.1 Å². The van der Waals surface area contributed by atoms with Crippen LogP contribution < -0.4 is 4.90 Å². The number of phenolic OH excluding ortho intramolecular Hbond substituents is 1. The fraction of sp³-hybridized carbons (Fsp3) is 0.211. The van der Waals surface area contributed by atoms with E-state index in [0.29, 0.717) is 22.6 Å².